The highest BCUT2D eigenvalue weighted by molar-refractivity contribution is 6.15. The minimum atomic E-state index is -0.142. The summed E-state index contributed by atoms with van der Waals surface area (Å²) in [6.45, 7) is 1.54. The third kappa shape index (κ3) is 2.23. The Balaban J connectivity index is 1.90. The number of amides is 3. The van der Waals surface area contributed by atoms with Crippen LogP contribution in [0.3, 0.4) is 0 Å². The molecule has 0 saturated carbocycles. The van der Waals surface area contributed by atoms with Crippen molar-refractivity contribution in [3.8, 4) is 0 Å². The first kappa shape index (κ1) is 12.2. The highest BCUT2D eigenvalue weighted by Crippen LogP contribution is 2.29. The van der Waals surface area contributed by atoms with Crippen molar-refractivity contribution in [3.63, 3.8) is 0 Å². The molecule has 0 N–H and O–H groups in total. The van der Waals surface area contributed by atoms with Crippen LogP contribution in [0, 0.1) is 0 Å². The summed E-state index contributed by atoms with van der Waals surface area (Å²) in [5.74, 6) is -0.0747. The summed E-state index contributed by atoms with van der Waals surface area (Å²) in [6, 6.07) is 7.57. The molecule has 1 aromatic rings. The quantitative estimate of drug-likeness (QED) is 0.717. The number of nitrogens with zero attached hydrogens (tertiary/aromatic N) is 2. The molecule has 0 spiro atoms. The van der Waals surface area contributed by atoms with Gasteiger partial charge in [-0.15, -0.1) is 0 Å². The molecule has 2 heterocycles. The summed E-state index contributed by atoms with van der Waals surface area (Å²) in [5, 5.41) is 0. The summed E-state index contributed by atoms with van der Waals surface area (Å²) in [4.78, 5) is 27.9. The number of carbonyl (C=O) groups is 2. The minimum Gasteiger partial charge on any atom is -0.324 e. The lowest BCUT2D eigenvalue weighted by Gasteiger charge is -2.34. The molecule has 2 aliphatic rings. The van der Waals surface area contributed by atoms with E-state index in [1.54, 1.807) is 0 Å². The van der Waals surface area contributed by atoms with Gasteiger partial charge in [0.15, 0.2) is 0 Å². The van der Waals surface area contributed by atoms with Crippen LogP contribution in [0.4, 0.5) is 10.5 Å². The fraction of sp³-hybridized carbons (Fsp3) is 0.467. The zero-order valence-electron chi connectivity index (χ0n) is 11.0. The molecular weight excluding hydrogens is 240 g/mol. The van der Waals surface area contributed by atoms with Gasteiger partial charge in [-0.2, -0.15) is 0 Å². The lowest BCUT2D eigenvalue weighted by Crippen LogP contribution is -2.49. The van der Waals surface area contributed by atoms with Gasteiger partial charge >= 0.3 is 6.03 Å². The summed E-state index contributed by atoms with van der Waals surface area (Å²) in [5.41, 5.74) is 1.86. The number of anilines is 1. The number of para-hydroxylation sites is 1. The SMILES string of the molecule is O=C1CCc2ccccc2N1C(=O)N1CCCCC1. The van der Waals surface area contributed by atoms with E-state index < -0.39 is 0 Å². The monoisotopic (exact) mass is 258 g/mol. The van der Waals surface area contributed by atoms with Crippen molar-refractivity contribution in [2.45, 2.75) is 32.1 Å². The largest absolute Gasteiger partial charge is 0.331 e. The van der Waals surface area contributed by atoms with Crippen LogP contribution >= 0.6 is 0 Å². The number of rotatable bonds is 0. The second-order valence-corrected chi connectivity index (χ2v) is 5.19. The maximum atomic E-state index is 12.6. The maximum absolute atomic E-state index is 12.6. The first-order chi connectivity index (χ1) is 9.27. The Hall–Kier alpha value is -1.84. The van der Waals surface area contributed by atoms with Crippen LogP contribution in [0.5, 0.6) is 0 Å². The van der Waals surface area contributed by atoms with Crippen LogP contribution in [-0.4, -0.2) is 29.9 Å². The third-order valence-electron chi connectivity index (χ3n) is 3.91. The fourth-order valence-electron chi connectivity index (χ4n) is 2.86. The average molecular weight is 258 g/mol. The van der Waals surface area contributed by atoms with Crippen LogP contribution < -0.4 is 4.90 Å². The predicted molar refractivity (Wildman–Crippen MR) is 73.1 cm³/mol. The summed E-state index contributed by atoms with van der Waals surface area (Å²) in [6.07, 6.45) is 4.41. The van der Waals surface area contributed by atoms with Crippen LogP contribution in [-0.2, 0) is 11.2 Å². The molecule has 3 rings (SSSR count). The molecule has 0 atom stereocenters. The van der Waals surface area contributed by atoms with Gasteiger partial charge in [0.25, 0.3) is 0 Å². The smallest absolute Gasteiger partial charge is 0.324 e. The zero-order chi connectivity index (χ0) is 13.2. The van der Waals surface area contributed by atoms with Gasteiger partial charge < -0.3 is 4.90 Å². The van der Waals surface area contributed by atoms with Gasteiger partial charge in [0.05, 0.1) is 5.69 Å². The van der Waals surface area contributed by atoms with Crippen molar-refractivity contribution in [1.82, 2.24) is 4.90 Å². The van der Waals surface area contributed by atoms with Gasteiger partial charge in [0, 0.05) is 19.5 Å². The first-order valence-corrected chi connectivity index (χ1v) is 6.97. The molecule has 0 bridgehead atoms. The zero-order valence-corrected chi connectivity index (χ0v) is 11.0. The molecule has 0 aromatic heterocycles. The number of likely N-dealkylation sites (tertiary alicyclic amines) is 1. The van der Waals surface area contributed by atoms with E-state index in [0.29, 0.717) is 6.42 Å². The fourth-order valence-corrected chi connectivity index (χ4v) is 2.86. The number of fused-ring (bicyclic) bond motifs is 1. The Labute approximate surface area is 113 Å². The Bertz CT molecular complexity index is 507. The molecule has 100 valence electrons. The molecule has 0 radical (unpaired) electrons. The molecule has 1 aromatic carbocycles. The van der Waals surface area contributed by atoms with Crippen molar-refractivity contribution < 1.29 is 9.59 Å². The van der Waals surface area contributed by atoms with Gasteiger partial charge in [0.1, 0.15) is 0 Å². The molecule has 19 heavy (non-hydrogen) atoms. The number of hydrogen-bond acceptors (Lipinski definition) is 2. The van der Waals surface area contributed by atoms with E-state index >= 15 is 0 Å². The third-order valence-corrected chi connectivity index (χ3v) is 3.91. The van der Waals surface area contributed by atoms with Crippen molar-refractivity contribution in [3.05, 3.63) is 29.8 Å². The van der Waals surface area contributed by atoms with Crippen molar-refractivity contribution in [2.24, 2.45) is 0 Å². The molecule has 3 amide bonds. The molecule has 0 aliphatic carbocycles. The van der Waals surface area contributed by atoms with Gasteiger partial charge in [-0.05, 0) is 37.3 Å². The summed E-state index contributed by atoms with van der Waals surface area (Å²) in [7, 11) is 0. The topological polar surface area (TPSA) is 40.6 Å². The maximum Gasteiger partial charge on any atom is 0.331 e. The highest BCUT2D eigenvalue weighted by Gasteiger charge is 2.32. The average Bonchev–Trinajstić information content (AvgIpc) is 2.47. The number of aryl methyl sites for hydroxylation is 1. The predicted octanol–water partition coefficient (Wildman–Crippen LogP) is 2.57. The number of urea groups is 1. The number of carbonyl (C=O) groups excluding carboxylic acids is 2. The highest BCUT2D eigenvalue weighted by atomic mass is 16.2. The van der Waals surface area contributed by atoms with E-state index in [9.17, 15) is 9.59 Å². The van der Waals surface area contributed by atoms with Gasteiger partial charge in [-0.3, -0.25) is 4.79 Å². The minimum absolute atomic E-state index is 0.0747. The Morgan fingerprint density at radius 1 is 1.00 bits per heavy atom. The molecule has 2 aliphatic heterocycles. The van der Waals surface area contributed by atoms with E-state index in [1.807, 2.05) is 29.2 Å². The second kappa shape index (κ2) is 5.03. The van der Waals surface area contributed by atoms with Crippen LogP contribution in [0.15, 0.2) is 24.3 Å². The number of benzene rings is 1. The van der Waals surface area contributed by atoms with Crippen LogP contribution in [0.25, 0.3) is 0 Å². The van der Waals surface area contributed by atoms with E-state index in [0.717, 1.165) is 43.6 Å². The van der Waals surface area contributed by atoms with E-state index in [2.05, 4.69) is 0 Å². The number of imide groups is 1. The van der Waals surface area contributed by atoms with Gasteiger partial charge in [0.2, 0.25) is 5.91 Å². The number of piperidine rings is 1. The lowest BCUT2D eigenvalue weighted by molar-refractivity contribution is -0.118. The van der Waals surface area contributed by atoms with E-state index in [-0.39, 0.29) is 11.9 Å². The number of hydrogen-bond donors (Lipinski definition) is 0. The summed E-state index contributed by atoms with van der Waals surface area (Å²) >= 11 is 0. The standard InChI is InChI=1S/C15H18N2O2/c18-14-9-8-12-6-2-3-7-13(12)17(14)15(19)16-10-4-1-5-11-16/h2-3,6-7H,1,4-5,8-11H2. The molecule has 1 fully saturated rings. The first-order valence-electron chi connectivity index (χ1n) is 6.97. The van der Waals surface area contributed by atoms with Crippen molar-refractivity contribution in [1.29, 1.82) is 0 Å². The van der Waals surface area contributed by atoms with E-state index in [1.165, 1.54) is 11.3 Å². The van der Waals surface area contributed by atoms with Gasteiger partial charge in [-0.1, -0.05) is 18.2 Å². The lowest BCUT2D eigenvalue weighted by atomic mass is 10.0. The van der Waals surface area contributed by atoms with Crippen molar-refractivity contribution >= 4 is 17.6 Å². The van der Waals surface area contributed by atoms with Crippen LogP contribution in [0.2, 0.25) is 0 Å². The normalized spacial score (nSPS) is 19.3. The van der Waals surface area contributed by atoms with Crippen LogP contribution in [0.1, 0.15) is 31.2 Å². The van der Waals surface area contributed by atoms with Crippen molar-refractivity contribution in [2.75, 3.05) is 18.0 Å². The van der Waals surface area contributed by atoms with Gasteiger partial charge in [-0.25, -0.2) is 9.69 Å². The molecule has 1 saturated heterocycles. The molecule has 0 unspecified atom stereocenters. The van der Waals surface area contributed by atoms with E-state index in [4.69, 9.17) is 0 Å². The summed E-state index contributed by atoms with van der Waals surface area (Å²) < 4.78 is 0. The molecule has 4 heteroatoms. The second-order valence-electron chi connectivity index (χ2n) is 5.19. The molecular formula is C15H18N2O2. The Kier molecular flexibility index (Phi) is 3.23. The Morgan fingerprint density at radius 2 is 1.74 bits per heavy atom. The molecule has 4 nitrogen and oxygen atoms in total. The Morgan fingerprint density at radius 3 is 2.53 bits per heavy atom.